The van der Waals surface area contributed by atoms with Crippen LogP contribution in [0.5, 0.6) is 0 Å². The van der Waals surface area contributed by atoms with Gasteiger partial charge in [-0.15, -0.1) is 11.3 Å². The molecule has 0 atom stereocenters. The SMILES string of the molecule is Cc1csc(N2CCN(C(=O)c3cc4ccccc4c4cccnc34)CC2)n1. The van der Waals surface area contributed by atoms with E-state index in [1.165, 1.54) is 0 Å². The van der Waals surface area contributed by atoms with Crippen LogP contribution in [0.15, 0.2) is 54.0 Å². The number of nitrogens with zero attached hydrogens (tertiary/aromatic N) is 4. The number of carbonyl (C=O) groups is 1. The maximum Gasteiger partial charge on any atom is 0.256 e. The Balaban J connectivity index is 1.46. The average molecular weight is 388 g/mol. The van der Waals surface area contributed by atoms with Gasteiger partial charge in [0.1, 0.15) is 0 Å². The maximum atomic E-state index is 13.4. The molecule has 1 amide bonds. The Kier molecular flexibility index (Phi) is 4.20. The van der Waals surface area contributed by atoms with Gasteiger partial charge in [0, 0.05) is 43.1 Å². The van der Waals surface area contributed by atoms with Gasteiger partial charge < -0.3 is 9.80 Å². The predicted molar refractivity (Wildman–Crippen MR) is 114 cm³/mol. The van der Waals surface area contributed by atoms with Crippen molar-refractivity contribution in [2.24, 2.45) is 0 Å². The molecule has 0 saturated carbocycles. The minimum absolute atomic E-state index is 0.0597. The summed E-state index contributed by atoms with van der Waals surface area (Å²) in [6.07, 6.45) is 1.76. The minimum Gasteiger partial charge on any atom is -0.345 e. The van der Waals surface area contributed by atoms with Crippen molar-refractivity contribution in [3.63, 3.8) is 0 Å². The molecule has 6 heteroatoms. The molecule has 4 aromatic rings. The first-order valence-corrected chi connectivity index (χ1v) is 10.3. The summed E-state index contributed by atoms with van der Waals surface area (Å²) in [5.41, 5.74) is 2.52. The van der Waals surface area contributed by atoms with Gasteiger partial charge in [-0.05, 0) is 29.8 Å². The van der Waals surface area contributed by atoms with Crippen LogP contribution in [0.25, 0.3) is 21.7 Å². The van der Waals surface area contributed by atoms with Crippen LogP contribution >= 0.6 is 11.3 Å². The molecule has 1 aliphatic rings. The van der Waals surface area contributed by atoms with Gasteiger partial charge in [0.15, 0.2) is 5.13 Å². The summed E-state index contributed by atoms with van der Waals surface area (Å²) in [5.74, 6) is 0.0597. The highest BCUT2D eigenvalue weighted by atomic mass is 32.1. The maximum absolute atomic E-state index is 13.4. The van der Waals surface area contributed by atoms with Gasteiger partial charge in [-0.3, -0.25) is 9.78 Å². The highest BCUT2D eigenvalue weighted by Crippen LogP contribution is 2.29. The van der Waals surface area contributed by atoms with E-state index in [4.69, 9.17) is 0 Å². The second-order valence-electron chi connectivity index (χ2n) is 7.10. The van der Waals surface area contributed by atoms with E-state index in [0.29, 0.717) is 18.7 Å². The minimum atomic E-state index is 0.0597. The molecule has 0 radical (unpaired) electrons. The first-order chi connectivity index (χ1) is 13.7. The van der Waals surface area contributed by atoms with E-state index >= 15 is 0 Å². The second-order valence-corrected chi connectivity index (χ2v) is 7.93. The zero-order valence-electron chi connectivity index (χ0n) is 15.6. The largest absolute Gasteiger partial charge is 0.345 e. The van der Waals surface area contributed by atoms with Crippen LogP contribution in [0.2, 0.25) is 0 Å². The lowest BCUT2D eigenvalue weighted by molar-refractivity contribution is 0.0748. The molecular formula is C22H20N4OS. The van der Waals surface area contributed by atoms with E-state index < -0.39 is 0 Å². The molecule has 1 saturated heterocycles. The molecule has 2 aromatic heterocycles. The van der Waals surface area contributed by atoms with Crippen molar-refractivity contribution >= 4 is 44.1 Å². The molecule has 5 rings (SSSR count). The predicted octanol–water partition coefficient (Wildman–Crippen LogP) is 4.12. The van der Waals surface area contributed by atoms with Gasteiger partial charge in [-0.25, -0.2) is 4.98 Å². The first-order valence-electron chi connectivity index (χ1n) is 9.43. The van der Waals surface area contributed by atoms with E-state index in [1.807, 2.05) is 42.2 Å². The fourth-order valence-corrected chi connectivity index (χ4v) is 4.71. The van der Waals surface area contributed by atoms with E-state index in [0.717, 1.165) is 45.6 Å². The van der Waals surface area contributed by atoms with E-state index in [9.17, 15) is 4.79 Å². The highest BCUT2D eigenvalue weighted by molar-refractivity contribution is 7.13. The lowest BCUT2D eigenvalue weighted by atomic mass is 10.00. The van der Waals surface area contributed by atoms with Crippen molar-refractivity contribution < 1.29 is 4.79 Å². The molecule has 140 valence electrons. The molecule has 1 aliphatic heterocycles. The second kappa shape index (κ2) is 6.87. The van der Waals surface area contributed by atoms with Gasteiger partial charge >= 0.3 is 0 Å². The van der Waals surface area contributed by atoms with Crippen LogP contribution < -0.4 is 4.90 Å². The number of aromatic nitrogens is 2. The Labute approximate surface area is 167 Å². The zero-order valence-corrected chi connectivity index (χ0v) is 16.4. The number of pyridine rings is 1. The molecule has 0 bridgehead atoms. The molecule has 1 fully saturated rings. The number of fused-ring (bicyclic) bond motifs is 3. The third kappa shape index (κ3) is 2.90. The van der Waals surface area contributed by atoms with Crippen LogP contribution in [0.4, 0.5) is 5.13 Å². The number of carbonyl (C=O) groups excluding carboxylic acids is 1. The fourth-order valence-electron chi connectivity index (χ4n) is 3.85. The van der Waals surface area contributed by atoms with Crippen LogP contribution in [0, 0.1) is 6.92 Å². The fraction of sp³-hybridized carbons (Fsp3) is 0.227. The van der Waals surface area contributed by atoms with Crippen LogP contribution in [0.1, 0.15) is 16.1 Å². The van der Waals surface area contributed by atoms with Gasteiger partial charge in [0.2, 0.25) is 0 Å². The zero-order chi connectivity index (χ0) is 19.1. The van der Waals surface area contributed by atoms with Crippen molar-refractivity contribution in [1.29, 1.82) is 0 Å². The molecule has 0 aliphatic carbocycles. The third-order valence-electron chi connectivity index (χ3n) is 5.29. The summed E-state index contributed by atoms with van der Waals surface area (Å²) < 4.78 is 0. The van der Waals surface area contributed by atoms with Crippen molar-refractivity contribution in [3.8, 4) is 0 Å². The highest BCUT2D eigenvalue weighted by Gasteiger charge is 2.25. The topological polar surface area (TPSA) is 49.3 Å². The lowest BCUT2D eigenvalue weighted by Gasteiger charge is -2.34. The molecule has 0 unspecified atom stereocenters. The summed E-state index contributed by atoms with van der Waals surface area (Å²) in [6, 6.07) is 14.1. The molecule has 28 heavy (non-hydrogen) atoms. The third-order valence-corrected chi connectivity index (χ3v) is 6.31. The molecule has 0 N–H and O–H groups in total. The van der Waals surface area contributed by atoms with Crippen molar-refractivity contribution in [2.45, 2.75) is 6.92 Å². The van der Waals surface area contributed by atoms with Gasteiger partial charge in [0.25, 0.3) is 5.91 Å². The Morgan fingerprint density at radius 2 is 1.82 bits per heavy atom. The molecule has 2 aromatic carbocycles. The Hall–Kier alpha value is -2.99. The van der Waals surface area contributed by atoms with Crippen LogP contribution in [0.3, 0.4) is 0 Å². The summed E-state index contributed by atoms with van der Waals surface area (Å²) in [5, 5.41) is 6.34. The number of benzene rings is 2. The van der Waals surface area contributed by atoms with Gasteiger partial charge in [0.05, 0.1) is 16.8 Å². The number of amides is 1. The molecular weight excluding hydrogens is 368 g/mol. The number of thiazole rings is 1. The number of hydrogen-bond donors (Lipinski definition) is 0. The lowest BCUT2D eigenvalue weighted by Crippen LogP contribution is -2.48. The van der Waals surface area contributed by atoms with Crippen molar-refractivity contribution in [3.05, 3.63) is 65.3 Å². The normalized spacial score (nSPS) is 14.8. The summed E-state index contributed by atoms with van der Waals surface area (Å²) in [4.78, 5) is 26.7. The first kappa shape index (κ1) is 17.1. The van der Waals surface area contributed by atoms with Crippen LogP contribution in [-0.4, -0.2) is 47.0 Å². The number of rotatable bonds is 2. The van der Waals surface area contributed by atoms with Gasteiger partial charge in [-0.1, -0.05) is 30.3 Å². The number of anilines is 1. The number of aryl methyl sites for hydroxylation is 1. The Morgan fingerprint density at radius 1 is 1.04 bits per heavy atom. The van der Waals surface area contributed by atoms with E-state index in [2.05, 4.69) is 32.4 Å². The average Bonchev–Trinajstić information content (AvgIpc) is 3.19. The molecule has 5 nitrogen and oxygen atoms in total. The summed E-state index contributed by atoms with van der Waals surface area (Å²) >= 11 is 1.67. The summed E-state index contributed by atoms with van der Waals surface area (Å²) in [6.45, 7) is 5.00. The van der Waals surface area contributed by atoms with Crippen molar-refractivity contribution in [2.75, 3.05) is 31.1 Å². The Morgan fingerprint density at radius 3 is 2.61 bits per heavy atom. The van der Waals surface area contributed by atoms with E-state index in [-0.39, 0.29) is 5.91 Å². The molecule has 3 heterocycles. The van der Waals surface area contributed by atoms with E-state index in [1.54, 1.807) is 17.5 Å². The monoisotopic (exact) mass is 388 g/mol. The number of piperazine rings is 1. The molecule has 0 spiro atoms. The van der Waals surface area contributed by atoms with Crippen molar-refractivity contribution in [1.82, 2.24) is 14.9 Å². The Bertz CT molecular complexity index is 1180. The summed E-state index contributed by atoms with van der Waals surface area (Å²) in [7, 11) is 0. The van der Waals surface area contributed by atoms with Gasteiger partial charge in [-0.2, -0.15) is 0 Å². The quantitative estimate of drug-likeness (QED) is 0.485. The smallest absolute Gasteiger partial charge is 0.256 e. The number of hydrogen-bond acceptors (Lipinski definition) is 5. The standard InChI is InChI=1S/C22H20N4OS/c1-15-14-28-22(24-15)26-11-9-25(10-12-26)21(27)19-13-16-5-2-3-6-17(16)18-7-4-8-23-20(18)19/h2-8,13-14H,9-12H2,1H3. The van der Waals surface area contributed by atoms with Crippen LogP contribution in [-0.2, 0) is 0 Å².